The summed E-state index contributed by atoms with van der Waals surface area (Å²) >= 11 is 3.45. The Bertz CT molecular complexity index is 494. The molecule has 0 saturated carbocycles. The zero-order chi connectivity index (χ0) is 15.6. The molecule has 0 aromatic heterocycles. The summed E-state index contributed by atoms with van der Waals surface area (Å²) in [5, 5.41) is 3.18. The lowest BCUT2D eigenvalue weighted by atomic mass is 9.98. The molecule has 1 N–H and O–H groups in total. The fourth-order valence-corrected chi connectivity index (χ4v) is 3.44. The summed E-state index contributed by atoms with van der Waals surface area (Å²) in [6, 6.07) is 6.12. The van der Waals surface area contributed by atoms with E-state index in [4.69, 9.17) is 0 Å². The number of hydrogen-bond donors (Lipinski definition) is 1. The fourth-order valence-electron chi connectivity index (χ4n) is 2.83. The van der Waals surface area contributed by atoms with Gasteiger partial charge in [0.2, 0.25) is 0 Å². The van der Waals surface area contributed by atoms with Crippen LogP contribution in [0.2, 0.25) is 0 Å². The number of piperidine rings is 1. The third-order valence-corrected chi connectivity index (χ3v) is 4.54. The highest BCUT2D eigenvalue weighted by Crippen LogP contribution is 2.21. The number of benzene rings is 1. The molecule has 4 heteroatoms. The van der Waals surface area contributed by atoms with E-state index in [1.54, 1.807) is 0 Å². The van der Waals surface area contributed by atoms with Gasteiger partial charge in [-0.1, -0.05) is 15.9 Å². The number of rotatable bonds is 2. The third kappa shape index (κ3) is 4.55. The van der Waals surface area contributed by atoms with Crippen molar-refractivity contribution in [3.05, 3.63) is 33.8 Å². The molecule has 1 heterocycles. The molecule has 2 rings (SSSR count). The monoisotopic (exact) mass is 352 g/mol. The average molecular weight is 353 g/mol. The van der Waals surface area contributed by atoms with Crippen LogP contribution in [0.1, 0.15) is 49.5 Å². The van der Waals surface area contributed by atoms with Crippen LogP contribution in [0.3, 0.4) is 0 Å². The Balaban J connectivity index is 1.93. The van der Waals surface area contributed by atoms with Crippen LogP contribution in [0.4, 0.5) is 0 Å². The molecule has 1 amide bonds. The van der Waals surface area contributed by atoms with Crippen molar-refractivity contribution in [3.8, 4) is 0 Å². The van der Waals surface area contributed by atoms with Gasteiger partial charge < -0.3 is 5.32 Å². The average Bonchev–Trinajstić information content (AvgIpc) is 2.37. The molecule has 1 aliphatic heterocycles. The molecule has 116 valence electrons. The topological polar surface area (TPSA) is 32.3 Å². The Morgan fingerprint density at radius 3 is 2.38 bits per heavy atom. The van der Waals surface area contributed by atoms with Crippen LogP contribution >= 0.6 is 15.9 Å². The molecule has 1 aliphatic rings. The summed E-state index contributed by atoms with van der Waals surface area (Å²) in [4.78, 5) is 14.8. The molecule has 0 radical (unpaired) electrons. The number of halogens is 1. The largest absolute Gasteiger partial charge is 0.349 e. The van der Waals surface area contributed by atoms with Crippen molar-refractivity contribution < 1.29 is 4.79 Å². The highest BCUT2D eigenvalue weighted by atomic mass is 79.9. The third-order valence-electron chi connectivity index (χ3n) is 4.08. The summed E-state index contributed by atoms with van der Waals surface area (Å²) in [6.45, 7) is 10.8. The first-order valence-corrected chi connectivity index (χ1v) is 8.38. The molecule has 21 heavy (non-hydrogen) atoms. The fraction of sp³-hybridized carbons (Fsp3) is 0.588. The van der Waals surface area contributed by atoms with E-state index in [-0.39, 0.29) is 17.5 Å². The molecular weight excluding hydrogens is 328 g/mol. The van der Waals surface area contributed by atoms with E-state index in [0.717, 1.165) is 41.5 Å². The van der Waals surface area contributed by atoms with E-state index < -0.39 is 0 Å². The van der Waals surface area contributed by atoms with Crippen molar-refractivity contribution in [1.82, 2.24) is 10.2 Å². The van der Waals surface area contributed by atoms with Gasteiger partial charge >= 0.3 is 0 Å². The first-order valence-electron chi connectivity index (χ1n) is 7.59. The maximum atomic E-state index is 12.4. The second kappa shape index (κ2) is 6.49. The van der Waals surface area contributed by atoms with Crippen molar-refractivity contribution in [3.63, 3.8) is 0 Å². The summed E-state index contributed by atoms with van der Waals surface area (Å²) in [5.41, 5.74) is 2.05. The van der Waals surface area contributed by atoms with Gasteiger partial charge in [0, 0.05) is 34.7 Å². The summed E-state index contributed by atoms with van der Waals surface area (Å²) in [7, 11) is 0. The lowest BCUT2D eigenvalue weighted by molar-refractivity contribution is 0.0812. The molecule has 0 spiro atoms. The second-order valence-corrected chi connectivity index (χ2v) is 7.84. The standard InChI is InChI=1S/C17H25BrN2O/c1-12-9-13(11-14(18)10-12)16(21)19-15-5-7-20(8-6-15)17(2,3)4/h9-11,15H,5-8H2,1-4H3,(H,19,21). The summed E-state index contributed by atoms with van der Waals surface area (Å²) in [5.74, 6) is 0.0357. The molecule has 0 aliphatic carbocycles. The number of nitrogens with zero attached hydrogens (tertiary/aromatic N) is 1. The molecule has 0 atom stereocenters. The van der Waals surface area contributed by atoms with Crippen LogP contribution in [-0.4, -0.2) is 35.5 Å². The van der Waals surface area contributed by atoms with Crippen LogP contribution in [0, 0.1) is 6.92 Å². The molecule has 3 nitrogen and oxygen atoms in total. The van der Waals surface area contributed by atoms with Crippen LogP contribution in [-0.2, 0) is 0 Å². The molecule has 0 bridgehead atoms. The quantitative estimate of drug-likeness (QED) is 0.878. The zero-order valence-corrected chi connectivity index (χ0v) is 15.0. The number of likely N-dealkylation sites (tertiary alicyclic amines) is 1. The summed E-state index contributed by atoms with van der Waals surface area (Å²) < 4.78 is 0.954. The van der Waals surface area contributed by atoms with Crippen molar-refractivity contribution in [2.24, 2.45) is 0 Å². The van der Waals surface area contributed by atoms with Crippen molar-refractivity contribution in [2.45, 2.75) is 52.1 Å². The van der Waals surface area contributed by atoms with Gasteiger partial charge in [0.05, 0.1) is 0 Å². The SMILES string of the molecule is Cc1cc(Br)cc(C(=O)NC2CCN(C(C)(C)C)CC2)c1. The van der Waals surface area contributed by atoms with Crippen LogP contribution in [0.15, 0.2) is 22.7 Å². The van der Waals surface area contributed by atoms with Gasteiger partial charge in [0.1, 0.15) is 0 Å². The van der Waals surface area contributed by atoms with E-state index in [2.05, 4.69) is 46.9 Å². The maximum absolute atomic E-state index is 12.4. The van der Waals surface area contributed by atoms with Crippen LogP contribution in [0.25, 0.3) is 0 Å². The molecule has 1 fully saturated rings. The first-order chi connectivity index (χ1) is 9.75. The summed E-state index contributed by atoms with van der Waals surface area (Å²) in [6.07, 6.45) is 2.05. The van der Waals surface area contributed by atoms with Crippen molar-refractivity contribution in [2.75, 3.05) is 13.1 Å². The number of carbonyl (C=O) groups is 1. The predicted octanol–water partition coefficient (Wildman–Crippen LogP) is 3.75. The molecule has 1 aromatic rings. The lowest BCUT2D eigenvalue weighted by Crippen LogP contribution is -2.50. The van der Waals surface area contributed by atoms with E-state index in [1.165, 1.54) is 0 Å². The molecule has 1 aromatic carbocycles. The minimum atomic E-state index is 0.0357. The molecule has 1 saturated heterocycles. The normalized spacial score (nSPS) is 17.8. The maximum Gasteiger partial charge on any atom is 0.251 e. The number of amides is 1. The van der Waals surface area contributed by atoms with E-state index >= 15 is 0 Å². The van der Waals surface area contributed by atoms with Gasteiger partial charge in [-0.25, -0.2) is 0 Å². The number of carbonyl (C=O) groups excluding carboxylic acids is 1. The van der Waals surface area contributed by atoms with E-state index in [0.29, 0.717) is 0 Å². The smallest absolute Gasteiger partial charge is 0.251 e. The zero-order valence-electron chi connectivity index (χ0n) is 13.4. The Morgan fingerprint density at radius 2 is 1.86 bits per heavy atom. The van der Waals surface area contributed by atoms with Gasteiger partial charge in [-0.15, -0.1) is 0 Å². The van der Waals surface area contributed by atoms with Crippen molar-refractivity contribution >= 4 is 21.8 Å². The van der Waals surface area contributed by atoms with Crippen molar-refractivity contribution in [1.29, 1.82) is 0 Å². The van der Waals surface area contributed by atoms with Gasteiger partial charge in [0.25, 0.3) is 5.91 Å². The molecule has 0 unspecified atom stereocenters. The van der Waals surface area contributed by atoms with Gasteiger partial charge in [-0.05, 0) is 64.3 Å². The van der Waals surface area contributed by atoms with Gasteiger partial charge in [0.15, 0.2) is 0 Å². The minimum Gasteiger partial charge on any atom is -0.349 e. The predicted molar refractivity (Wildman–Crippen MR) is 90.7 cm³/mol. The van der Waals surface area contributed by atoms with E-state index in [1.807, 2.05) is 25.1 Å². The minimum absolute atomic E-state index is 0.0357. The van der Waals surface area contributed by atoms with E-state index in [9.17, 15) is 4.79 Å². The number of hydrogen-bond acceptors (Lipinski definition) is 2. The Kier molecular flexibility index (Phi) is 5.10. The number of aryl methyl sites for hydroxylation is 1. The van der Waals surface area contributed by atoms with Gasteiger partial charge in [-0.3, -0.25) is 9.69 Å². The Labute approximate surface area is 136 Å². The first kappa shape index (κ1) is 16.5. The Morgan fingerprint density at radius 1 is 1.24 bits per heavy atom. The lowest BCUT2D eigenvalue weighted by Gasteiger charge is -2.41. The second-order valence-electron chi connectivity index (χ2n) is 6.92. The van der Waals surface area contributed by atoms with Crippen LogP contribution in [0.5, 0.6) is 0 Å². The molecular formula is C17H25BrN2O. The van der Waals surface area contributed by atoms with Crippen LogP contribution < -0.4 is 5.32 Å². The highest BCUT2D eigenvalue weighted by molar-refractivity contribution is 9.10. The Hall–Kier alpha value is -0.870. The highest BCUT2D eigenvalue weighted by Gasteiger charge is 2.27. The van der Waals surface area contributed by atoms with Gasteiger partial charge in [-0.2, -0.15) is 0 Å². The number of nitrogens with one attached hydrogen (secondary N) is 1.